The van der Waals surface area contributed by atoms with E-state index < -0.39 is 0 Å². The van der Waals surface area contributed by atoms with E-state index in [-0.39, 0.29) is 17.9 Å². The van der Waals surface area contributed by atoms with Crippen LogP contribution in [0.4, 0.5) is 0 Å². The largest absolute Gasteiger partial charge is 0.392 e. The van der Waals surface area contributed by atoms with Crippen LogP contribution in [0.2, 0.25) is 0 Å². The van der Waals surface area contributed by atoms with Crippen LogP contribution in [-0.4, -0.2) is 16.9 Å². The highest BCUT2D eigenvalue weighted by atomic mass is 32.1. The fourth-order valence-corrected chi connectivity index (χ4v) is 2.96. The fraction of sp³-hybridized carbons (Fsp3) is 0.857. The van der Waals surface area contributed by atoms with Gasteiger partial charge in [-0.25, -0.2) is 0 Å². The standard InChI is InChI=1S/C14H26N2OS/c1-10(2)13(14(15)18)16-12(17)9-11-7-5-3-4-6-8-11/h10-11,13H,3-9H2,1-2H3,(H2,15,18)(H,16,17). The van der Waals surface area contributed by atoms with Gasteiger partial charge in [0.15, 0.2) is 0 Å². The number of hydrogen-bond acceptors (Lipinski definition) is 2. The number of hydrogen-bond donors (Lipinski definition) is 2. The predicted octanol–water partition coefficient (Wildman–Crippen LogP) is 2.77. The van der Waals surface area contributed by atoms with E-state index in [9.17, 15) is 4.79 Å². The lowest BCUT2D eigenvalue weighted by Gasteiger charge is -2.22. The zero-order valence-corrected chi connectivity index (χ0v) is 12.4. The van der Waals surface area contributed by atoms with Crippen LogP contribution in [0.3, 0.4) is 0 Å². The lowest BCUT2D eigenvalue weighted by molar-refractivity contribution is -0.122. The van der Waals surface area contributed by atoms with Crippen LogP contribution in [0.1, 0.15) is 58.8 Å². The summed E-state index contributed by atoms with van der Waals surface area (Å²) in [5.74, 6) is 0.903. The van der Waals surface area contributed by atoms with Gasteiger partial charge in [-0.15, -0.1) is 0 Å². The van der Waals surface area contributed by atoms with Gasteiger partial charge in [0.25, 0.3) is 0 Å². The second-order valence-corrected chi connectivity index (χ2v) is 6.22. The van der Waals surface area contributed by atoms with Gasteiger partial charge < -0.3 is 11.1 Å². The summed E-state index contributed by atoms with van der Waals surface area (Å²) in [6, 6.07) is -0.168. The summed E-state index contributed by atoms with van der Waals surface area (Å²) in [6.07, 6.45) is 8.17. The Morgan fingerprint density at radius 2 is 1.83 bits per heavy atom. The first kappa shape index (κ1) is 15.4. The van der Waals surface area contributed by atoms with E-state index >= 15 is 0 Å². The van der Waals surface area contributed by atoms with E-state index in [0.29, 0.717) is 17.3 Å². The van der Waals surface area contributed by atoms with Crippen LogP contribution >= 0.6 is 12.2 Å². The van der Waals surface area contributed by atoms with E-state index in [1.807, 2.05) is 13.8 Å². The van der Waals surface area contributed by atoms with E-state index in [4.69, 9.17) is 18.0 Å². The summed E-state index contributed by atoms with van der Waals surface area (Å²) < 4.78 is 0. The summed E-state index contributed by atoms with van der Waals surface area (Å²) in [5.41, 5.74) is 5.66. The molecule has 1 saturated carbocycles. The molecule has 1 atom stereocenters. The maximum atomic E-state index is 12.0. The lowest BCUT2D eigenvalue weighted by Crippen LogP contribution is -2.47. The molecule has 1 rings (SSSR count). The minimum Gasteiger partial charge on any atom is -0.392 e. The molecule has 0 heterocycles. The first-order valence-electron chi connectivity index (χ1n) is 7.09. The van der Waals surface area contributed by atoms with Gasteiger partial charge in [0.2, 0.25) is 5.91 Å². The molecule has 1 fully saturated rings. The minimum atomic E-state index is -0.168. The Balaban J connectivity index is 2.41. The Bertz CT molecular complexity index is 284. The monoisotopic (exact) mass is 270 g/mol. The highest BCUT2D eigenvalue weighted by Crippen LogP contribution is 2.25. The van der Waals surface area contributed by atoms with Gasteiger partial charge >= 0.3 is 0 Å². The average molecular weight is 270 g/mol. The van der Waals surface area contributed by atoms with E-state index in [2.05, 4.69) is 5.32 Å². The Hall–Kier alpha value is -0.640. The Morgan fingerprint density at radius 3 is 2.28 bits per heavy atom. The van der Waals surface area contributed by atoms with E-state index in [1.165, 1.54) is 38.5 Å². The van der Waals surface area contributed by atoms with Gasteiger partial charge in [-0.05, 0) is 24.7 Å². The van der Waals surface area contributed by atoms with Crippen molar-refractivity contribution >= 4 is 23.1 Å². The Labute approximate surface area is 116 Å². The summed E-state index contributed by atoms with van der Waals surface area (Å²) >= 11 is 5.00. The molecule has 1 aliphatic carbocycles. The van der Waals surface area contributed by atoms with Gasteiger partial charge in [0.1, 0.15) is 0 Å². The third kappa shape index (κ3) is 5.34. The van der Waals surface area contributed by atoms with Crippen LogP contribution in [0.25, 0.3) is 0 Å². The van der Waals surface area contributed by atoms with Crippen molar-refractivity contribution in [3.05, 3.63) is 0 Å². The maximum Gasteiger partial charge on any atom is 0.220 e. The first-order valence-corrected chi connectivity index (χ1v) is 7.50. The molecular weight excluding hydrogens is 244 g/mol. The molecule has 0 radical (unpaired) electrons. The number of rotatable bonds is 5. The zero-order chi connectivity index (χ0) is 13.5. The van der Waals surface area contributed by atoms with Gasteiger partial charge in [-0.1, -0.05) is 51.7 Å². The molecular formula is C14H26N2OS. The molecule has 0 aromatic rings. The Kier molecular flexibility index (Phi) is 6.61. The van der Waals surface area contributed by atoms with Crippen molar-refractivity contribution in [2.75, 3.05) is 0 Å². The highest BCUT2D eigenvalue weighted by molar-refractivity contribution is 7.80. The molecule has 0 bridgehead atoms. The average Bonchev–Trinajstić information content (AvgIpc) is 2.53. The quantitative estimate of drug-likeness (QED) is 0.596. The maximum absolute atomic E-state index is 12.0. The van der Waals surface area contributed by atoms with Crippen molar-refractivity contribution in [2.24, 2.45) is 17.6 Å². The predicted molar refractivity (Wildman–Crippen MR) is 79.4 cm³/mol. The second kappa shape index (κ2) is 7.72. The minimum absolute atomic E-state index is 0.105. The smallest absolute Gasteiger partial charge is 0.220 e. The number of carbonyl (C=O) groups excluding carboxylic acids is 1. The molecule has 1 unspecified atom stereocenters. The zero-order valence-electron chi connectivity index (χ0n) is 11.6. The van der Waals surface area contributed by atoms with Crippen molar-refractivity contribution in [2.45, 2.75) is 64.8 Å². The third-order valence-corrected chi connectivity index (χ3v) is 3.99. The number of carbonyl (C=O) groups is 1. The van der Waals surface area contributed by atoms with Gasteiger partial charge in [-0.3, -0.25) is 4.79 Å². The van der Waals surface area contributed by atoms with Gasteiger partial charge in [-0.2, -0.15) is 0 Å². The number of nitrogens with two attached hydrogens (primary N) is 1. The van der Waals surface area contributed by atoms with Crippen LogP contribution in [0.15, 0.2) is 0 Å². The van der Waals surface area contributed by atoms with Crippen molar-refractivity contribution in [1.82, 2.24) is 5.32 Å². The molecule has 1 amide bonds. The van der Waals surface area contributed by atoms with Crippen molar-refractivity contribution < 1.29 is 4.79 Å². The molecule has 0 aromatic carbocycles. The molecule has 3 nitrogen and oxygen atoms in total. The van der Waals surface area contributed by atoms with Crippen LogP contribution < -0.4 is 11.1 Å². The molecule has 0 aliphatic heterocycles. The summed E-state index contributed by atoms with van der Waals surface area (Å²) in [4.78, 5) is 12.4. The van der Waals surface area contributed by atoms with Gasteiger partial charge in [0.05, 0.1) is 11.0 Å². The fourth-order valence-electron chi connectivity index (χ4n) is 2.63. The molecule has 104 valence electrons. The summed E-state index contributed by atoms with van der Waals surface area (Å²) in [7, 11) is 0. The van der Waals surface area contributed by atoms with Crippen molar-refractivity contribution in [3.63, 3.8) is 0 Å². The highest BCUT2D eigenvalue weighted by Gasteiger charge is 2.21. The van der Waals surface area contributed by atoms with E-state index in [1.54, 1.807) is 0 Å². The molecule has 4 heteroatoms. The summed E-state index contributed by atoms with van der Waals surface area (Å²) in [6.45, 7) is 4.05. The van der Waals surface area contributed by atoms with E-state index in [0.717, 1.165) is 0 Å². The molecule has 0 saturated heterocycles. The number of thiocarbonyl (C=S) groups is 1. The van der Waals surface area contributed by atoms with Crippen molar-refractivity contribution in [3.8, 4) is 0 Å². The van der Waals surface area contributed by atoms with Crippen LogP contribution in [-0.2, 0) is 4.79 Å². The van der Waals surface area contributed by atoms with Crippen molar-refractivity contribution in [1.29, 1.82) is 0 Å². The van der Waals surface area contributed by atoms with Crippen LogP contribution in [0, 0.1) is 11.8 Å². The number of nitrogens with one attached hydrogen (secondary N) is 1. The Morgan fingerprint density at radius 1 is 1.28 bits per heavy atom. The topological polar surface area (TPSA) is 55.1 Å². The normalized spacial score (nSPS) is 19.3. The molecule has 0 aromatic heterocycles. The molecule has 1 aliphatic rings. The molecule has 18 heavy (non-hydrogen) atoms. The SMILES string of the molecule is CC(C)C(NC(=O)CC1CCCCCC1)C(N)=S. The first-order chi connectivity index (χ1) is 8.50. The number of amides is 1. The third-order valence-electron chi connectivity index (χ3n) is 3.74. The second-order valence-electron chi connectivity index (χ2n) is 5.75. The van der Waals surface area contributed by atoms with Crippen LogP contribution in [0.5, 0.6) is 0 Å². The lowest BCUT2D eigenvalue weighted by atomic mass is 9.95. The molecule has 3 N–H and O–H groups in total. The summed E-state index contributed by atoms with van der Waals surface area (Å²) in [5, 5.41) is 2.98. The molecule has 0 spiro atoms. The van der Waals surface area contributed by atoms with Gasteiger partial charge in [0, 0.05) is 6.42 Å².